The second kappa shape index (κ2) is 24.0. The van der Waals surface area contributed by atoms with Crippen molar-refractivity contribution in [2.45, 2.75) is 103 Å². The van der Waals surface area contributed by atoms with Crippen molar-refractivity contribution in [2.24, 2.45) is 0 Å². The molecule has 2 saturated heterocycles. The lowest BCUT2D eigenvalue weighted by atomic mass is 10.0. The normalized spacial score (nSPS) is 15.4. The summed E-state index contributed by atoms with van der Waals surface area (Å²) in [5.41, 5.74) is 4.11. The number of nitrogens with one attached hydrogen (secondary N) is 1. The van der Waals surface area contributed by atoms with Gasteiger partial charge in [0, 0.05) is 76.6 Å². The maximum atomic E-state index is 12.6. The van der Waals surface area contributed by atoms with Crippen LogP contribution in [0.1, 0.15) is 61.1 Å². The summed E-state index contributed by atoms with van der Waals surface area (Å²) >= 11 is 0. The van der Waals surface area contributed by atoms with E-state index in [1.165, 1.54) is 11.1 Å². The van der Waals surface area contributed by atoms with E-state index in [1.807, 2.05) is 30.0 Å². The molecule has 0 radical (unpaired) electrons. The molecule has 2 heterocycles. The summed E-state index contributed by atoms with van der Waals surface area (Å²) in [6.07, 6.45) is -32.9. The van der Waals surface area contributed by atoms with Crippen LogP contribution in [0.4, 0.5) is 57.5 Å². The van der Waals surface area contributed by atoms with Gasteiger partial charge in [0.05, 0.1) is 0 Å². The van der Waals surface area contributed by atoms with E-state index >= 15 is 0 Å². The molecule has 2 aliphatic rings. The third-order valence-electron chi connectivity index (χ3n) is 9.27. The average molecular weight is 963 g/mol. The molecule has 0 saturated carbocycles. The zero-order chi connectivity index (χ0) is 50.3. The van der Waals surface area contributed by atoms with E-state index in [0.29, 0.717) is 25.1 Å². The number of ether oxygens (including phenoxy) is 3. The molecule has 2 aliphatic heterocycles. The highest BCUT2D eigenvalue weighted by Gasteiger charge is 2.60. The molecule has 0 aliphatic carbocycles. The number of carbonyl (C=O) groups is 3. The number of amides is 1. The highest BCUT2D eigenvalue weighted by Crippen LogP contribution is 2.36. The first-order valence-corrected chi connectivity index (χ1v) is 19.8. The summed E-state index contributed by atoms with van der Waals surface area (Å²) in [4.78, 5) is 38.2. The van der Waals surface area contributed by atoms with E-state index in [1.54, 1.807) is 27.7 Å². The fourth-order valence-corrected chi connectivity index (χ4v) is 5.74. The van der Waals surface area contributed by atoms with Gasteiger partial charge in [-0.25, -0.2) is 4.79 Å². The maximum Gasteiger partial charge on any atom is 0.434 e. The van der Waals surface area contributed by atoms with Crippen LogP contribution in [0.3, 0.4) is 0 Å². The number of rotatable bonds is 9. The maximum absolute atomic E-state index is 12.6. The number of benzene rings is 2. The van der Waals surface area contributed by atoms with Crippen LogP contribution in [0, 0.1) is 37.5 Å². The van der Waals surface area contributed by atoms with Crippen molar-refractivity contribution in [3.05, 3.63) is 69.8 Å². The minimum Gasteiger partial charge on any atom is -0.449 e. The summed E-state index contributed by atoms with van der Waals surface area (Å²) in [7, 11) is 0. The van der Waals surface area contributed by atoms with Crippen molar-refractivity contribution >= 4 is 19.0 Å². The molecule has 2 N–H and O–H groups in total. The van der Waals surface area contributed by atoms with Gasteiger partial charge in [0.15, 0.2) is 11.2 Å². The Labute approximate surface area is 373 Å². The van der Waals surface area contributed by atoms with Crippen molar-refractivity contribution in [3.63, 3.8) is 0 Å². The Morgan fingerprint density at radius 2 is 1.03 bits per heavy atom. The van der Waals surface area contributed by atoms with Gasteiger partial charge in [0.1, 0.15) is 0 Å². The van der Waals surface area contributed by atoms with E-state index in [-0.39, 0.29) is 26.2 Å². The Morgan fingerprint density at radius 3 is 1.36 bits per heavy atom. The zero-order valence-corrected chi connectivity index (χ0v) is 36.6. The quantitative estimate of drug-likeness (QED) is 0.115. The number of carbonyl (C=O) groups excluding carboxylic acids is 3. The predicted molar refractivity (Wildman–Crippen MR) is 214 cm³/mol. The summed E-state index contributed by atoms with van der Waals surface area (Å²) in [6.45, 7) is 17.2. The molecule has 2 aromatic carbocycles. The average Bonchev–Trinajstić information content (AvgIpc) is 3.19. The summed E-state index contributed by atoms with van der Waals surface area (Å²) in [6, 6.07) is 11.9. The van der Waals surface area contributed by atoms with Gasteiger partial charge in [0.25, 0.3) is 19.0 Å². The van der Waals surface area contributed by atoms with Crippen molar-refractivity contribution in [1.82, 2.24) is 20.0 Å². The Bertz CT molecular complexity index is 2010. The second-order valence-corrected chi connectivity index (χ2v) is 15.9. The van der Waals surface area contributed by atoms with Crippen molar-refractivity contribution in [2.75, 3.05) is 52.4 Å². The molecule has 0 aromatic heterocycles. The zero-order valence-electron chi connectivity index (χ0n) is 36.6. The highest BCUT2D eigenvalue weighted by atomic mass is 19.4. The van der Waals surface area contributed by atoms with Crippen molar-refractivity contribution < 1.29 is 86.4 Å². The number of aliphatic hydroxyl groups is 1. The van der Waals surface area contributed by atoms with Crippen LogP contribution in [0.2, 0.25) is 0 Å². The Kier molecular flexibility index (Phi) is 20.7. The molecule has 2 fully saturated rings. The molecule has 23 heteroatoms. The van der Waals surface area contributed by atoms with Gasteiger partial charge < -0.3 is 29.5 Å². The van der Waals surface area contributed by atoms with E-state index < -0.39 is 54.2 Å². The lowest BCUT2D eigenvalue weighted by Gasteiger charge is -2.35. The fourth-order valence-electron chi connectivity index (χ4n) is 5.74. The lowest BCUT2D eigenvalue weighted by molar-refractivity contribution is -0.309. The molecule has 0 atom stereocenters. The van der Waals surface area contributed by atoms with Gasteiger partial charge in [-0.15, -0.1) is 0 Å². The SMILES string of the molecule is Cc1ccc(CN2CCN(C(=O)OC(C(F)(F)F)C(F)(F)F)CC2)c(C#CC(C)(C)OC=O)c1.Cc1ccc(CN2CCNCC2)c(C#CC(C)(C)OC=O)c1.OC(C(F)(F)F)C(F)(F)F. The van der Waals surface area contributed by atoms with Crippen molar-refractivity contribution in [1.29, 1.82) is 0 Å². The molecular weight excluding hydrogens is 912 g/mol. The molecule has 11 nitrogen and oxygen atoms in total. The first kappa shape index (κ1) is 56.9. The number of hydrogen-bond donors (Lipinski definition) is 2. The summed E-state index contributed by atoms with van der Waals surface area (Å²) in [5.74, 6) is 12.1. The molecule has 0 unspecified atom stereocenters. The third-order valence-corrected chi connectivity index (χ3v) is 9.27. The predicted octanol–water partition coefficient (Wildman–Crippen LogP) is 7.22. The Balaban J connectivity index is 0.000000397. The molecular formula is C43H50F12N4O7. The summed E-state index contributed by atoms with van der Waals surface area (Å²) < 4.78 is 155. The molecule has 66 heavy (non-hydrogen) atoms. The standard InChI is InChI=1S/C22H24F6N2O4.C18H24N2O2.C3H2F6O/c1-15-4-5-17(16(12-15)6-7-20(2,3)33-14-31)13-29-8-10-30(11-9-29)19(32)34-18(21(23,24)25)22(26,27)28;1-15-4-5-17(13-20-10-8-19-9-11-20)16(12-15)6-7-18(2,3)22-14-21;4-2(5,6)1(10)3(7,8)9/h4-5,12,14,18H,8-11,13H2,1-3H3;4-5,12,14,19H,8-11,13H2,1-3H3;1,10H. The minimum absolute atomic E-state index is 0.103. The minimum atomic E-state index is -5.76. The van der Waals surface area contributed by atoms with Gasteiger partial charge in [-0.05, 0) is 75.9 Å². The van der Waals surface area contributed by atoms with Crippen LogP contribution in [0.25, 0.3) is 0 Å². The van der Waals surface area contributed by atoms with Crippen LogP contribution in [0.5, 0.6) is 0 Å². The molecule has 2 aromatic rings. The third kappa shape index (κ3) is 20.1. The van der Waals surface area contributed by atoms with Crippen LogP contribution in [0.15, 0.2) is 36.4 Å². The molecule has 368 valence electrons. The van der Waals surface area contributed by atoms with Gasteiger partial charge in [0.2, 0.25) is 6.10 Å². The lowest BCUT2D eigenvalue weighted by Crippen LogP contribution is -2.52. The Hall–Kier alpha value is -5.23. The largest absolute Gasteiger partial charge is 0.449 e. The number of aliphatic hydroxyl groups excluding tert-OH is 1. The number of nitrogens with zero attached hydrogens (tertiary/aromatic N) is 3. The first-order chi connectivity index (χ1) is 30.3. The van der Waals surface area contributed by atoms with Crippen LogP contribution in [-0.2, 0) is 36.9 Å². The molecule has 1 amide bonds. The fraction of sp³-hybridized carbons (Fsp3) is 0.558. The van der Waals surface area contributed by atoms with E-state index in [4.69, 9.17) is 14.6 Å². The van der Waals surface area contributed by atoms with Crippen molar-refractivity contribution in [3.8, 4) is 23.7 Å². The number of piperazine rings is 2. The second-order valence-electron chi connectivity index (χ2n) is 15.9. The molecule has 0 spiro atoms. The number of halogens is 12. The van der Waals surface area contributed by atoms with Gasteiger partial charge in [-0.1, -0.05) is 47.9 Å². The Morgan fingerprint density at radius 1 is 0.652 bits per heavy atom. The van der Waals surface area contributed by atoms with E-state index in [2.05, 4.69) is 63.8 Å². The van der Waals surface area contributed by atoms with Crippen LogP contribution in [-0.4, -0.2) is 139 Å². The topological polar surface area (TPSA) is 121 Å². The first-order valence-electron chi connectivity index (χ1n) is 19.8. The molecule has 0 bridgehead atoms. The smallest absolute Gasteiger partial charge is 0.434 e. The van der Waals surface area contributed by atoms with E-state index in [0.717, 1.165) is 54.3 Å². The number of hydrogen-bond acceptors (Lipinski definition) is 10. The highest BCUT2D eigenvalue weighted by molar-refractivity contribution is 5.68. The van der Waals surface area contributed by atoms with Crippen LogP contribution >= 0.6 is 0 Å². The van der Waals surface area contributed by atoms with Gasteiger partial charge in [-0.2, -0.15) is 52.7 Å². The monoisotopic (exact) mass is 962 g/mol. The summed E-state index contributed by atoms with van der Waals surface area (Å²) in [5, 5.41) is 10.8. The number of alkyl halides is 12. The number of aryl methyl sites for hydroxylation is 2. The van der Waals surface area contributed by atoms with E-state index in [9.17, 15) is 67.1 Å². The van der Waals surface area contributed by atoms with Gasteiger partial charge in [-0.3, -0.25) is 19.4 Å². The molecule has 4 rings (SSSR count). The van der Waals surface area contributed by atoms with Crippen LogP contribution < -0.4 is 5.32 Å². The van der Waals surface area contributed by atoms with Gasteiger partial charge >= 0.3 is 30.8 Å².